The second-order valence-electron chi connectivity index (χ2n) is 6.26. The zero-order valence-electron chi connectivity index (χ0n) is 14.1. The van der Waals surface area contributed by atoms with E-state index < -0.39 is 28.8 Å². The van der Waals surface area contributed by atoms with Gasteiger partial charge in [-0.2, -0.15) is 13.2 Å². The number of amides is 1. The van der Waals surface area contributed by atoms with E-state index in [1.165, 1.54) is 5.56 Å². The zero-order chi connectivity index (χ0) is 18.9. The summed E-state index contributed by atoms with van der Waals surface area (Å²) in [5, 5.41) is 2.56. The average molecular weight is 365 g/mol. The third-order valence-corrected chi connectivity index (χ3v) is 4.49. The molecule has 1 aliphatic heterocycles. The van der Waals surface area contributed by atoms with E-state index in [0.717, 1.165) is 18.7 Å². The summed E-state index contributed by atoms with van der Waals surface area (Å²) in [4.78, 5) is 28.0. The number of alkyl halides is 3. The summed E-state index contributed by atoms with van der Waals surface area (Å²) in [6.45, 7) is 2.93. The first kappa shape index (κ1) is 18.0. The molecule has 1 aromatic carbocycles. The van der Waals surface area contributed by atoms with Crippen molar-refractivity contribution in [3.05, 3.63) is 63.6 Å². The summed E-state index contributed by atoms with van der Waals surface area (Å²) in [7, 11) is 0. The Balaban J connectivity index is 1.69. The first-order valence-corrected chi connectivity index (χ1v) is 8.20. The SMILES string of the molecule is CC(CNC(=O)c1cc(C(F)(F)F)c[nH]c1=O)N1CCc2ccccc21. The van der Waals surface area contributed by atoms with E-state index in [9.17, 15) is 22.8 Å². The van der Waals surface area contributed by atoms with Gasteiger partial charge in [-0.15, -0.1) is 0 Å². The number of H-pyrrole nitrogens is 1. The van der Waals surface area contributed by atoms with Crippen molar-refractivity contribution in [3.8, 4) is 0 Å². The van der Waals surface area contributed by atoms with Crippen LogP contribution in [0.15, 0.2) is 41.3 Å². The minimum Gasteiger partial charge on any atom is -0.366 e. The van der Waals surface area contributed by atoms with Gasteiger partial charge in [-0.3, -0.25) is 9.59 Å². The van der Waals surface area contributed by atoms with Gasteiger partial charge in [0.05, 0.1) is 5.56 Å². The van der Waals surface area contributed by atoms with Crippen molar-refractivity contribution in [1.29, 1.82) is 0 Å². The van der Waals surface area contributed by atoms with Gasteiger partial charge in [-0.25, -0.2) is 0 Å². The van der Waals surface area contributed by atoms with E-state index in [-0.39, 0.29) is 12.6 Å². The summed E-state index contributed by atoms with van der Waals surface area (Å²) in [5.41, 5.74) is -0.154. The Labute approximate surface area is 147 Å². The molecule has 5 nitrogen and oxygen atoms in total. The summed E-state index contributed by atoms with van der Waals surface area (Å²) in [6.07, 6.45) is -3.17. The van der Waals surface area contributed by atoms with Crippen LogP contribution < -0.4 is 15.8 Å². The van der Waals surface area contributed by atoms with Gasteiger partial charge in [0.25, 0.3) is 11.5 Å². The number of hydrogen-bond acceptors (Lipinski definition) is 3. The molecular formula is C18H18F3N3O2. The molecule has 1 aromatic heterocycles. The van der Waals surface area contributed by atoms with Crippen molar-refractivity contribution in [2.75, 3.05) is 18.0 Å². The van der Waals surface area contributed by atoms with Gasteiger partial charge in [0, 0.05) is 31.0 Å². The van der Waals surface area contributed by atoms with Gasteiger partial charge in [-0.1, -0.05) is 18.2 Å². The largest absolute Gasteiger partial charge is 0.417 e. The van der Waals surface area contributed by atoms with Gasteiger partial charge in [-0.05, 0) is 31.0 Å². The van der Waals surface area contributed by atoms with E-state index in [0.29, 0.717) is 12.3 Å². The standard InChI is InChI=1S/C18H18F3N3O2/c1-11(24-7-6-12-4-2-3-5-15(12)24)9-22-16(25)14-8-13(18(19,20)21)10-23-17(14)26/h2-5,8,10-11H,6-7,9H2,1H3,(H,22,25)(H,23,26). The molecule has 1 atom stereocenters. The van der Waals surface area contributed by atoms with Crippen molar-refractivity contribution >= 4 is 11.6 Å². The van der Waals surface area contributed by atoms with E-state index in [2.05, 4.69) is 10.2 Å². The molecule has 0 saturated carbocycles. The molecule has 0 fully saturated rings. The van der Waals surface area contributed by atoms with Gasteiger partial charge in [0.1, 0.15) is 5.56 Å². The Morgan fingerprint density at radius 1 is 1.35 bits per heavy atom. The Bertz CT molecular complexity index is 876. The van der Waals surface area contributed by atoms with Crippen molar-refractivity contribution in [2.24, 2.45) is 0 Å². The van der Waals surface area contributed by atoms with Crippen molar-refractivity contribution in [2.45, 2.75) is 25.6 Å². The number of para-hydroxylation sites is 1. The average Bonchev–Trinajstić information content (AvgIpc) is 3.03. The fourth-order valence-corrected chi connectivity index (χ4v) is 3.08. The summed E-state index contributed by atoms with van der Waals surface area (Å²) in [6, 6.07) is 8.46. The van der Waals surface area contributed by atoms with Gasteiger partial charge in [0.15, 0.2) is 0 Å². The fraction of sp³-hybridized carbons (Fsp3) is 0.333. The third-order valence-electron chi connectivity index (χ3n) is 4.49. The van der Waals surface area contributed by atoms with Crippen molar-refractivity contribution < 1.29 is 18.0 Å². The molecule has 0 radical (unpaired) electrons. The minimum absolute atomic E-state index is 0.0625. The minimum atomic E-state index is -4.63. The van der Waals surface area contributed by atoms with Crippen LogP contribution in [0.5, 0.6) is 0 Å². The molecule has 1 unspecified atom stereocenters. The summed E-state index contributed by atoms with van der Waals surface area (Å²) >= 11 is 0. The molecular weight excluding hydrogens is 347 g/mol. The van der Waals surface area contributed by atoms with Crippen LogP contribution in [0.1, 0.15) is 28.4 Å². The number of carbonyl (C=O) groups excluding carboxylic acids is 1. The van der Waals surface area contributed by atoms with Crippen LogP contribution in [0.4, 0.5) is 18.9 Å². The van der Waals surface area contributed by atoms with Crippen LogP contribution in [-0.4, -0.2) is 30.0 Å². The van der Waals surface area contributed by atoms with Crippen LogP contribution in [0, 0.1) is 0 Å². The second kappa shape index (κ2) is 6.86. The number of hydrogen-bond donors (Lipinski definition) is 2. The van der Waals surface area contributed by atoms with Crippen molar-refractivity contribution in [1.82, 2.24) is 10.3 Å². The van der Waals surface area contributed by atoms with Gasteiger partial charge >= 0.3 is 6.18 Å². The molecule has 8 heteroatoms. The van der Waals surface area contributed by atoms with Crippen molar-refractivity contribution in [3.63, 3.8) is 0 Å². The number of fused-ring (bicyclic) bond motifs is 1. The van der Waals surface area contributed by atoms with Gasteiger partial charge < -0.3 is 15.2 Å². The maximum atomic E-state index is 12.8. The molecule has 2 aromatic rings. The van der Waals surface area contributed by atoms with E-state index in [1.54, 1.807) is 0 Å². The maximum Gasteiger partial charge on any atom is 0.417 e. The highest BCUT2D eigenvalue weighted by Crippen LogP contribution is 2.29. The lowest BCUT2D eigenvalue weighted by Gasteiger charge is -2.27. The van der Waals surface area contributed by atoms with Crippen LogP contribution in [-0.2, 0) is 12.6 Å². The van der Waals surface area contributed by atoms with Crippen LogP contribution in [0.25, 0.3) is 0 Å². The van der Waals surface area contributed by atoms with Crippen LogP contribution in [0.2, 0.25) is 0 Å². The lowest BCUT2D eigenvalue weighted by Crippen LogP contribution is -2.42. The van der Waals surface area contributed by atoms with Gasteiger partial charge in [0.2, 0.25) is 0 Å². The number of pyridine rings is 1. The predicted molar refractivity (Wildman–Crippen MR) is 91.4 cm³/mol. The number of aromatic amines is 1. The maximum absolute atomic E-state index is 12.8. The smallest absolute Gasteiger partial charge is 0.366 e. The zero-order valence-corrected chi connectivity index (χ0v) is 14.1. The molecule has 138 valence electrons. The lowest BCUT2D eigenvalue weighted by atomic mass is 10.1. The molecule has 3 rings (SSSR count). The normalized spacial score (nSPS) is 14.8. The molecule has 2 heterocycles. The Hall–Kier alpha value is -2.77. The fourth-order valence-electron chi connectivity index (χ4n) is 3.08. The number of rotatable bonds is 4. The number of carbonyl (C=O) groups is 1. The predicted octanol–water partition coefficient (Wildman–Crippen LogP) is 2.57. The number of benzene rings is 1. The molecule has 2 N–H and O–H groups in total. The van der Waals surface area contributed by atoms with E-state index in [1.807, 2.05) is 36.2 Å². The number of nitrogens with zero attached hydrogens (tertiary/aromatic N) is 1. The highest BCUT2D eigenvalue weighted by atomic mass is 19.4. The molecule has 1 aliphatic rings. The highest BCUT2D eigenvalue weighted by molar-refractivity contribution is 5.94. The van der Waals surface area contributed by atoms with E-state index >= 15 is 0 Å². The Morgan fingerprint density at radius 3 is 2.81 bits per heavy atom. The highest BCUT2D eigenvalue weighted by Gasteiger charge is 2.32. The molecule has 0 aliphatic carbocycles. The topological polar surface area (TPSA) is 65.2 Å². The molecule has 0 spiro atoms. The monoisotopic (exact) mass is 365 g/mol. The Kier molecular flexibility index (Phi) is 4.76. The number of anilines is 1. The first-order chi connectivity index (χ1) is 12.3. The second-order valence-corrected chi connectivity index (χ2v) is 6.26. The number of nitrogens with one attached hydrogen (secondary N) is 2. The molecule has 26 heavy (non-hydrogen) atoms. The Morgan fingerprint density at radius 2 is 2.08 bits per heavy atom. The molecule has 1 amide bonds. The quantitative estimate of drug-likeness (QED) is 0.875. The number of aromatic nitrogens is 1. The van der Waals surface area contributed by atoms with Crippen LogP contribution >= 0.6 is 0 Å². The lowest BCUT2D eigenvalue weighted by molar-refractivity contribution is -0.137. The summed E-state index contributed by atoms with van der Waals surface area (Å²) in [5.74, 6) is -0.823. The number of halogens is 3. The molecule has 0 saturated heterocycles. The first-order valence-electron chi connectivity index (χ1n) is 8.20. The van der Waals surface area contributed by atoms with Crippen LogP contribution in [0.3, 0.4) is 0 Å². The molecule has 0 bridgehead atoms. The van der Waals surface area contributed by atoms with E-state index in [4.69, 9.17) is 0 Å². The third kappa shape index (κ3) is 3.58. The summed E-state index contributed by atoms with van der Waals surface area (Å²) < 4.78 is 38.3.